The number of fused-ring (bicyclic) bond motifs is 9. The Morgan fingerprint density at radius 2 is 0.984 bits per heavy atom. The van der Waals surface area contributed by atoms with Crippen molar-refractivity contribution >= 4 is 65.8 Å². The number of para-hydroxylation sites is 2. The number of hydrogen-bond acceptors (Lipinski definition) is 7. The highest BCUT2D eigenvalue weighted by Crippen LogP contribution is 2.42. The maximum atomic E-state index is 6.67. The van der Waals surface area contributed by atoms with Crippen LogP contribution >= 0.6 is 0 Å². The van der Waals surface area contributed by atoms with Crippen molar-refractivity contribution in [3.8, 4) is 62.5 Å². The van der Waals surface area contributed by atoms with E-state index in [4.69, 9.17) is 33.8 Å². The fraction of sp³-hybridized carbons (Fsp3) is 0. The van der Waals surface area contributed by atoms with Gasteiger partial charge in [-0.3, -0.25) is 4.57 Å². The van der Waals surface area contributed by atoms with Gasteiger partial charge in [-0.1, -0.05) is 152 Å². The summed E-state index contributed by atoms with van der Waals surface area (Å²) in [5.74, 6) is 2.21. The Balaban J connectivity index is 1.01. The molecule has 8 heteroatoms. The maximum Gasteiger partial charge on any atom is 0.238 e. The van der Waals surface area contributed by atoms with Gasteiger partial charge in [-0.15, -0.1) is 0 Å². The Morgan fingerprint density at radius 1 is 0.349 bits per heavy atom. The molecule has 0 aliphatic heterocycles. The standard InChI is InChI=1S/C55H32N6O2/c1-4-16-33(17-5-1)37-24-14-27-43-47(37)38-22-10-12-26-42(38)61(43)55-59-52(35-20-8-3-9-21-35)58-53(60-55)36-30-31-39-46(32-36)62-45-29-15-25-41(48(39)45)54-56-49(34-18-6-2-7-19-34)51-50(57-54)40-23-11-13-28-44(40)63-51/h1-32H. The summed E-state index contributed by atoms with van der Waals surface area (Å²) < 4.78 is 15.2. The van der Waals surface area contributed by atoms with E-state index in [1.165, 1.54) is 0 Å². The molecule has 63 heavy (non-hydrogen) atoms. The van der Waals surface area contributed by atoms with Gasteiger partial charge >= 0.3 is 0 Å². The minimum Gasteiger partial charge on any atom is -0.456 e. The minimum atomic E-state index is 0.524. The maximum absolute atomic E-state index is 6.67. The summed E-state index contributed by atoms with van der Waals surface area (Å²) >= 11 is 0. The molecule has 0 atom stereocenters. The molecular formula is C55H32N6O2. The van der Waals surface area contributed by atoms with Crippen LogP contribution in [-0.4, -0.2) is 29.5 Å². The lowest BCUT2D eigenvalue weighted by atomic mass is 9.99. The van der Waals surface area contributed by atoms with E-state index in [0.717, 1.165) is 93.7 Å². The Morgan fingerprint density at radius 3 is 1.79 bits per heavy atom. The Kier molecular flexibility index (Phi) is 7.74. The van der Waals surface area contributed by atoms with Crippen molar-refractivity contribution in [1.29, 1.82) is 0 Å². The normalized spacial score (nSPS) is 11.8. The van der Waals surface area contributed by atoms with E-state index in [-0.39, 0.29) is 0 Å². The molecule has 13 aromatic rings. The highest BCUT2D eigenvalue weighted by atomic mass is 16.3. The van der Waals surface area contributed by atoms with Crippen LogP contribution in [0.5, 0.6) is 0 Å². The van der Waals surface area contributed by atoms with Crippen molar-refractivity contribution in [3.05, 3.63) is 194 Å². The average Bonchev–Trinajstić information content (AvgIpc) is 4.04. The highest BCUT2D eigenvalue weighted by Gasteiger charge is 2.23. The quantitative estimate of drug-likeness (QED) is 0.165. The lowest BCUT2D eigenvalue weighted by molar-refractivity contribution is 0.667. The molecule has 5 heterocycles. The minimum absolute atomic E-state index is 0.524. The predicted octanol–water partition coefficient (Wildman–Crippen LogP) is 13.9. The van der Waals surface area contributed by atoms with Crippen molar-refractivity contribution in [2.24, 2.45) is 0 Å². The first-order valence-electron chi connectivity index (χ1n) is 20.8. The first-order valence-corrected chi connectivity index (χ1v) is 20.8. The zero-order valence-electron chi connectivity index (χ0n) is 33.5. The smallest absolute Gasteiger partial charge is 0.238 e. The fourth-order valence-corrected chi connectivity index (χ4v) is 9.06. The van der Waals surface area contributed by atoms with Crippen molar-refractivity contribution in [1.82, 2.24) is 29.5 Å². The SMILES string of the molecule is c1ccc(-c2nc(-c3ccc4c(c3)oc3cccc(-c5nc(-c6ccccc6)c6oc7ccccc7c6n5)c34)nc(-n3c4ccccc4c4c(-c5ccccc5)cccc43)n2)cc1. The average molecular weight is 809 g/mol. The van der Waals surface area contributed by atoms with Gasteiger partial charge in [-0.25, -0.2) is 15.0 Å². The molecule has 0 unspecified atom stereocenters. The summed E-state index contributed by atoms with van der Waals surface area (Å²) in [7, 11) is 0. The molecule has 0 aliphatic carbocycles. The van der Waals surface area contributed by atoms with Gasteiger partial charge in [-0.2, -0.15) is 9.97 Å². The van der Waals surface area contributed by atoms with Gasteiger partial charge in [0, 0.05) is 49.2 Å². The molecule has 13 rings (SSSR count). The van der Waals surface area contributed by atoms with Gasteiger partial charge in [0.2, 0.25) is 5.95 Å². The molecule has 0 aliphatic rings. The summed E-state index contributed by atoms with van der Waals surface area (Å²) in [6, 6.07) is 65.8. The van der Waals surface area contributed by atoms with Crippen LogP contribution in [0.4, 0.5) is 0 Å². The number of hydrogen-bond donors (Lipinski definition) is 0. The van der Waals surface area contributed by atoms with E-state index in [0.29, 0.717) is 34.6 Å². The summed E-state index contributed by atoms with van der Waals surface area (Å²) in [5.41, 5.74) is 12.1. The Hall–Kier alpha value is -8.75. The van der Waals surface area contributed by atoms with Gasteiger partial charge in [0.1, 0.15) is 28.0 Å². The third kappa shape index (κ3) is 5.58. The van der Waals surface area contributed by atoms with E-state index in [9.17, 15) is 0 Å². The van der Waals surface area contributed by atoms with Crippen molar-refractivity contribution < 1.29 is 8.83 Å². The molecule has 8 aromatic carbocycles. The zero-order chi connectivity index (χ0) is 41.4. The van der Waals surface area contributed by atoms with Crippen molar-refractivity contribution in [2.45, 2.75) is 0 Å². The molecule has 0 saturated carbocycles. The van der Waals surface area contributed by atoms with E-state index >= 15 is 0 Å². The number of furan rings is 2. The van der Waals surface area contributed by atoms with Gasteiger partial charge in [-0.05, 0) is 53.6 Å². The van der Waals surface area contributed by atoms with Crippen LogP contribution in [0.2, 0.25) is 0 Å². The molecule has 8 nitrogen and oxygen atoms in total. The molecule has 294 valence electrons. The number of nitrogens with zero attached hydrogens (tertiary/aromatic N) is 6. The molecule has 0 spiro atoms. The molecule has 0 bridgehead atoms. The number of benzene rings is 8. The molecule has 0 radical (unpaired) electrons. The summed E-state index contributed by atoms with van der Waals surface area (Å²) in [4.78, 5) is 25.9. The first kappa shape index (κ1) is 35.0. The van der Waals surface area contributed by atoms with Gasteiger partial charge < -0.3 is 8.83 Å². The van der Waals surface area contributed by atoms with E-state index in [1.54, 1.807) is 0 Å². The summed E-state index contributed by atoms with van der Waals surface area (Å²) in [5, 5.41) is 5.05. The monoisotopic (exact) mass is 808 g/mol. The van der Waals surface area contributed by atoms with Crippen LogP contribution in [0.25, 0.3) is 128 Å². The topological polar surface area (TPSA) is 95.7 Å². The zero-order valence-corrected chi connectivity index (χ0v) is 33.5. The summed E-state index contributed by atoms with van der Waals surface area (Å²) in [6.45, 7) is 0. The Bertz CT molecular complexity index is 3910. The second-order valence-corrected chi connectivity index (χ2v) is 15.6. The van der Waals surface area contributed by atoms with E-state index < -0.39 is 0 Å². The third-order valence-corrected chi connectivity index (χ3v) is 11.9. The van der Waals surface area contributed by atoms with Gasteiger partial charge in [0.05, 0.1) is 11.0 Å². The van der Waals surface area contributed by atoms with E-state index in [1.807, 2.05) is 109 Å². The first-order chi connectivity index (χ1) is 31.2. The van der Waals surface area contributed by atoms with Gasteiger partial charge in [0.15, 0.2) is 23.1 Å². The second kappa shape index (κ2) is 13.9. The number of rotatable bonds is 6. The fourth-order valence-electron chi connectivity index (χ4n) is 9.06. The molecule has 0 N–H and O–H groups in total. The molecule has 0 amide bonds. The molecule has 0 saturated heterocycles. The van der Waals surface area contributed by atoms with Crippen molar-refractivity contribution in [2.75, 3.05) is 0 Å². The lowest BCUT2D eigenvalue weighted by Gasteiger charge is -2.11. The molecular weight excluding hydrogens is 777 g/mol. The summed E-state index contributed by atoms with van der Waals surface area (Å²) in [6.07, 6.45) is 0. The van der Waals surface area contributed by atoms with Crippen LogP contribution in [-0.2, 0) is 0 Å². The predicted molar refractivity (Wildman–Crippen MR) is 251 cm³/mol. The Labute approximate surface area is 359 Å². The lowest BCUT2D eigenvalue weighted by Crippen LogP contribution is -2.06. The second-order valence-electron chi connectivity index (χ2n) is 15.6. The third-order valence-electron chi connectivity index (χ3n) is 11.9. The van der Waals surface area contributed by atoms with E-state index in [2.05, 4.69) is 89.5 Å². The molecule has 5 aromatic heterocycles. The van der Waals surface area contributed by atoms with Gasteiger partial charge in [0.25, 0.3) is 0 Å². The van der Waals surface area contributed by atoms with Crippen LogP contribution in [0.15, 0.2) is 203 Å². The van der Waals surface area contributed by atoms with Crippen LogP contribution < -0.4 is 0 Å². The number of aromatic nitrogens is 6. The van der Waals surface area contributed by atoms with Crippen LogP contribution in [0.3, 0.4) is 0 Å². The largest absolute Gasteiger partial charge is 0.456 e. The van der Waals surface area contributed by atoms with Crippen molar-refractivity contribution in [3.63, 3.8) is 0 Å². The van der Waals surface area contributed by atoms with Crippen LogP contribution in [0.1, 0.15) is 0 Å². The van der Waals surface area contributed by atoms with Crippen LogP contribution in [0, 0.1) is 0 Å². The highest BCUT2D eigenvalue weighted by molar-refractivity contribution is 6.16. The molecule has 0 fully saturated rings.